The molecule has 0 heterocycles. The fourth-order valence-electron chi connectivity index (χ4n) is 0.561. The van der Waals surface area contributed by atoms with Crippen LogP contribution in [0.25, 0.3) is 0 Å². The molecule has 0 unspecified atom stereocenters. The molecule has 1 aliphatic rings. The van der Waals surface area contributed by atoms with Crippen LogP contribution in [-0.4, -0.2) is 7.85 Å². The summed E-state index contributed by atoms with van der Waals surface area (Å²) in [7, 11) is 5.69. The molecule has 36 valence electrons. The molecule has 0 N–H and O–H groups in total. The van der Waals surface area contributed by atoms with E-state index in [1.54, 1.807) is 0 Å². The van der Waals surface area contributed by atoms with E-state index < -0.39 is 0 Å². The zero-order valence-electron chi connectivity index (χ0n) is 4.70. The SMILES string of the molecule is [B]C1(C(=C)C)CC1. The molecule has 0 aliphatic heterocycles. The van der Waals surface area contributed by atoms with E-state index in [1.807, 2.05) is 6.92 Å². The van der Waals surface area contributed by atoms with Gasteiger partial charge in [-0.15, -0.1) is 6.58 Å². The summed E-state index contributed by atoms with van der Waals surface area (Å²) in [6.07, 6.45) is 2.28. The Kier molecular flexibility index (Phi) is 0.812. The molecular weight excluding hydrogens is 82.9 g/mol. The molecule has 0 spiro atoms. The van der Waals surface area contributed by atoms with Gasteiger partial charge in [-0.1, -0.05) is 18.4 Å². The van der Waals surface area contributed by atoms with E-state index in [4.69, 9.17) is 7.85 Å². The summed E-state index contributed by atoms with van der Waals surface area (Å²) >= 11 is 0. The lowest BCUT2D eigenvalue weighted by molar-refractivity contribution is 1.04. The third kappa shape index (κ3) is 0.720. The number of allylic oxidation sites excluding steroid dienone is 1. The second-order valence-corrected chi connectivity index (χ2v) is 2.44. The summed E-state index contributed by atoms with van der Waals surface area (Å²) in [5.41, 5.74) is 1.13. The molecule has 0 nitrogen and oxygen atoms in total. The maximum atomic E-state index is 5.69. The van der Waals surface area contributed by atoms with Crippen LogP contribution in [0.5, 0.6) is 0 Å². The zero-order valence-corrected chi connectivity index (χ0v) is 4.70. The number of hydrogen-bond acceptors (Lipinski definition) is 0. The summed E-state index contributed by atoms with van der Waals surface area (Å²) in [6, 6.07) is 0. The van der Waals surface area contributed by atoms with Crippen LogP contribution in [0.2, 0.25) is 5.31 Å². The topological polar surface area (TPSA) is 0 Å². The summed E-state index contributed by atoms with van der Waals surface area (Å²) in [6.45, 7) is 5.76. The molecule has 0 amide bonds. The molecule has 1 rings (SSSR count). The van der Waals surface area contributed by atoms with Crippen molar-refractivity contribution in [1.82, 2.24) is 0 Å². The predicted molar refractivity (Wildman–Crippen MR) is 32.5 cm³/mol. The Morgan fingerprint density at radius 3 is 2.14 bits per heavy atom. The molecule has 0 aromatic rings. The van der Waals surface area contributed by atoms with Crippen molar-refractivity contribution in [3.63, 3.8) is 0 Å². The molecule has 1 aliphatic carbocycles. The molecule has 0 aromatic carbocycles. The molecule has 7 heavy (non-hydrogen) atoms. The van der Waals surface area contributed by atoms with Gasteiger partial charge in [0.15, 0.2) is 0 Å². The van der Waals surface area contributed by atoms with Gasteiger partial charge in [0.05, 0.1) is 7.85 Å². The van der Waals surface area contributed by atoms with Crippen molar-refractivity contribution >= 4 is 7.85 Å². The Hall–Kier alpha value is -0.195. The third-order valence-corrected chi connectivity index (χ3v) is 1.64. The van der Waals surface area contributed by atoms with Crippen molar-refractivity contribution in [1.29, 1.82) is 0 Å². The van der Waals surface area contributed by atoms with Gasteiger partial charge in [-0.2, -0.15) is 0 Å². The maximum absolute atomic E-state index is 5.69. The predicted octanol–water partition coefficient (Wildman–Crippen LogP) is 1.68. The second kappa shape index (κ2) is 1.15. The zero-order chi connectivity index (χ0) is 5.49. The minimum atomic E-state index is 0.0556. The Morgan fingerprint density at radius 1 is 1.71 bits per heavy atom. The Balaban J connectivity index is 2.55. The number of rotatable bonds is 1. The quantitative estimate of drug-likeness (QED) is 0.341. The molecule has 0 bridgehead atoms. The van der Waals surface area contributed by atoms with E-state index in [0.717, 1.165) is 18.4 Å². The minimum Gasteiger partial charge on any atom is -0.100 e. The van der Waals surface area contributed by atoms with E-state index in [1.165, 1.54) is 0 Å². The van der Waals surface area contributed by atoms with Crippen LogP contribution in [0, 0.1) is 0 Å². The van der Waals surface area contributed by atoms with Gasteiger partial charge in [-0.25, -0.2) is 0 Å². The fraction of sp³-hybridized carbons (Fsp3) is 0.667. The fourth-order valence-corrected chi connectivity index (χ4v) is 0.561. The van der Waals surface area contributed by atoms with Crippen LogP contribution in [0.3, 0.4) is 0 Å². The van der Waals surface area contributed by atoms with Crippen molar-refractivity contribution < 1.29 is 0 Å². The van der Waals surface area contributed by atoms with Crippen molar-refractivity contribution in [2.75, 3.05) is 0 Å². The molecule has 0 atom stereocenters. The first-order chi connectivity index (χ1) is 3.15. The van der Waals surface area contributed by atoms with Crippen molar-refractivity contribution in [2.45, 2.75) is 25.1 Å². The first kappa shape index (κ1) is 4.95. The van der Waals surface area contributed by atoms with Crippen molar-refractivity contribution in [3.8, 4) is 0 Å². The molecular formula is C6H9B. The van der Waals surface area contributed by atoms with Crippen LogP contribution in [0.1, 0.15) is 19.8 Å². The molecule has 2 radical (unpaired) electrons. The van der Waals surface area contributed by atoms with E-state index >= 15 is 0 Å². The highest BCUT2D eigenvalue weighted by molar-refractivity contribution is 6.19. The highest BCUT2D eigenvalue weighted by Crippen LogP contribution is 2.55. The van der Waals surface area contributed by atoms with E-state index in [-0.39, 0.29) is 5.31 Å². The van der Waals surface area contributed by atoms with E-state index in [9.17, 15) is 0 Å². The molecule has 0 aromatic heterocycles. The lowest BCUT2D eigenvalue weighted by Crippen LogP contribution is -1.88. The Bertz CT molecular complexity index is 101. The average molecular weight is 92.0 g/mol. The van der Waals surface area contributed by atoms with Crippen molar-refractivity contribution in [2.24, 2.45) is 0 Å². The van der Waals surface area contributed by atoms with Crippen LogP contribution in [-0.2, 0) is 0 Å². The molecule has 1 heteroatoms. The maximum Gasteiger partial charge on any atom is 0.0805 e. The average Bonchev–Trinajstić information content (AvgIpc) is 2.21. The van der Waals surface area contributed by atoms with E-state index in [2.05, 4.69) is 6.58 Å². The highest BCUT2D eigenvalue weighted by atomic mass is 14.4. The summed E-state index contributed by atoms with van der Waals surface area (Å²) in [4.78, 5) is 0. The lowest BCUT2D eigenvalue weighted by Gasteiger charge is -2.03. The van der Waals surface area contributed by atoms with Gasteiger partial charge in [0.2, 0.25) is 0 Å². The van der Waals surface area contributed by atoms with Gasteiger partial charge in [0.25, 0.3) is 0 Å². The van der Waals surface area contributed by atoms with Crippen LogP contribution in [0.15, 0.2) is 12.2 Å². The van der Waals surface area contributed by atoms with Gasteiger partial charge in [-0.05, 0) is 12.2 Å². The van der Waals surface area contributed by atoms with Crippen LogP contribution >= 0.6 is 0 Å². The van der Waals surface area contributed by atoms with Crippen LogP contribution in [0.4, 0.5) is 0 Å². The lowest BCUT2D eigenvalue weighted by atomic mass is 9.78. The molecule has 1 saturated carbocycles. The second-order valence-electron chi connectivity index (χ2n) is 2.44. The monoisotopic (exact) mass is 92.1 g/mol. The first-order valence-electron chi connectivity index (χ1n) is 2.60. The van der Waals surface area contributed by atoms with Crippen LogP contribution < -0.4 is 0 Å². The Morgan fingerprint density at radius 2 is 2.14 bits per heavy atom. The van der Waals surface area contributed by atoms with Gasteiger partial charge in [0.1, 0.15) is 0 Å². The molecule has 1 fully saturated rings. The Labute approximate surface area is 46.0 Å². The summed E-state index contributed by atoms with van der Waals surface area (Å²) in [5, 5.41) is 0.0556. The first-order valence-corrected chi connectivity index (χ1v) is 2.60. The summed E-state index contributed by atoms with van der Waals surface area (Å²) < 4.78 is 0. The van der Waals surface area contributed by atoms with Gasteiger partial charge in [0, 0.05) is 0 Å². The largest absolute Gasteiger partial charge is 0.100 e. The van der Waals surface area contributed by atoms with Crippen molar-refractivity contribution in [3.05, 3.63) is 12.2 Å². The van der Waals surface area contributed by atoms with Gasteiger partial charge >= 0.3 is 0 Å². The van der Waals surface area contributed by atoms with Gasteiger partial charge < -0.3 is 0 Å². The number of hydrogen-bond donors (Lipinski definition) is 0. The third-order valence-electron chi connectivity index (χ3n) is 1.64. The standard InChI is InChI=1S/C6H9B/c1-5(2)6(7)3-4-6/h1,3-4H2,2H3. The summed E-state index contributed by atoms with van der Waals surface area (Å²) in [5.74, 6) is 0. The minimum absolute atomic E-state index is 0.0556. The smallest absolute Gasteiger partial charge is 0.0805 e. The highest BCUT2D eigenvalue weighted by Gasteiger charge is 2.36. The van der Waals surface area contributed by atoms with E-state index in [0.29, 0.717) is 0 Å². The van der Waals surface area contributed by atoms with Gasteiger partial charge in [-0.3, -0.25) is 0 Å². The normalized spacial score (nSPS) is 24.1. The molecule has 0 saturated heterocycles.